The summed E-state index contributed by atoms with van der Waals surface area (Å²) in [6.07, 6.45) is 7.96. The van der Waals surface area contributed by atoms with Crippen LogP contribution < -0.4 is 0 Å². The smallest absolute Gasteiger partial charge is 0.325 e. The predicted octanol–water partition coefficient (Wildman–Crippen LogP) is 2.76. The molecule has 0 aromatic rings. The molecule has 0 radical (unpaired) electrons. The Bertz CT molecular complexity index is 283. The molecule has 1 fully saturated rings. The Morgan fingerprint density at radius 1 is 1.05 bits per heavy atom. The third kappa shape index (κ3) is 5.62. The monoisotopic (exact) mass is 269 g/mol. The van der Waals surface area contributed by atoms with E-state index in [1.165, 1.54) is 19.3 Å². The molecule has 0 spiro atoms. The summed E-state index contributed by atoms with van der Waals surface area (Å²) in [5.41, 5.74) is 0. The number of rotatable bonds is 5. The standard InChI is InChI=1S/C15H27NO3/c1-3-16(12-14(17)19-4-2)15(18)13-10-8-6-5-7-9-11-13/h13H,3-12H2,1-2H3. The van der Waals surface area contributed by atoms with Gasteiger partial charge in [-0.1, -0.05) is 32.1 Å². The van der Waals surface area contributed by atoms with Crippen LogP contribution in [0.25, 0.3) is 0 Å². The van der Waals surface area contributed by atoms with Gasteiger partial charge in [0, 0.05) is 12.5 Å². The molecule has 0 aromatic heterocycles. The summed E-state index contributed by atoms with van der Waals surface area (Å²) in [6.45, 7) is 4.74. The highest BCUT2D eigenvalue weighted by Crippen LogP contribution is 2.24. The molecule has 0 heterocycles. The molecule has 4 nitrogen and oxygen atoms in total. The van der Waals surface area contributed by atoms with Gasteiger partial charge in [0.15, 0.2) is 0 Å². The number of ether oxygens (including phenoxy) is 1. The third-order valence-electron chi connectivity index (χ3n) is 3.77. The molecule has 0 N–H and O–H groups in total. The minimum atomic E-state index is -0.302. The van der Waals surface area contributed by atoms with Crippen LogP contribution >= 0.6 is 0 Å². The Hall–Kier alpha value is -1.06. The Morgan fingerprint density at radius 3 is 2.16 bits per heavy atom. The summed E-state index contributed by atoms with van der Waals surface area (Å²) in [6, 6.07) is 0. The number of carbonyl (C=O) groups is 2. The zero-order valence-corrected chi connectivity index (χ0v) is 12.3. The minimum Gasteiger partial charge on any atom is -0.465 e. The molecule has 1 amide bonds. The van der Waals surface area contributed by atoms with Crippen molar-refractivity contribution in [3.8, 4) is 0 Å². The molecular formula is C15H27NO3. The number of hydrogen-bond acceptors (Lipinski definition) is 3. The van der Waals surface area contributed by atoms with E-state index in [9.17, 15) is 9.59 Å². The molecule has 1 saturated carbocycles. The minimum absolute atomic E-state index is 0.0969. The fraction of sp³-hybridized carbons (Fsp3) is 0.867. The first-order chi connectivity index (χ1) is 9.19. The number of hydrogen-bond donors (Lipinski definition) is 0. The maximum atomic E-state index is 12.5. The molecule has 19 heavy (non-hydrogen) atoms. The molecule has 1 rings (SSSR count). The van der Waals surface area contributed by atoms with Gasteiger partial charge in [-0.25, -0.2) is 0 Å². The Balaban J connectivity index is 2.52. The Kier molecular flexibility index (Phi) is 7.53. The van der Waals surface area contributed by atoms with Crippen molar-refractivity contribution in [2.24, 2.45) is 5.92 Å². The average Bonchev–Trinajstić information content (AvgIpc) is 2.35. The largest absolute Gasteiger partial charge is 0.465 e. The highest BCUT2D eigenvalue weighted by molar-refractivity contribution is 5.83. The van der Waals surface area contributed by atoms with Crippen molar-refractivity contribution >= 4 is 11.9 Å². The van der Waals surface area contributed by atoms with Gasteiger partial charge in [0.1, 0.15) is 6.54 Å². The summed E-state index contributed by atoms with van der Waals surface area (Å²) >= 11 is 0. The summed E-state index contributed by atoms with van der Waals surface area (Å²) in [7, 11) is 0. The molecular weight excluding hydrogens is 242 g/mol. The highest BCUT2D eigenvalue weighted by Gasteiger charge is 2.25. The Labute approximate surface area is 116 Å². The quantitative estimate of drug-likeness (QED) is 0.721. The van der Waals surface area contributed by atoms with Crippen molar-refractivity contribution < 1.29 is 14.3 Å². The van der Waals surface area contributed by atoms with E-state index < -0.39 is 0 Å². The number of likely N-dealkylation sites (N-methyl/N-ethyl adjacent to an activating group) is 1. The lowest BCUT2D eigenvalue weighted by atomic mass is 9.90. The van der Waals surface area contributed by atoms with Gasteiger partial charge in [0.2, 0.25) is 5.91 Å². The lowest BCUT2D eigenvalue weighted by Gasteiger charge is -2.26. The van der Waals surface area contributed by atoms with E-state index in [4.69, 9.17) is 4.74 Å². The van der Waals surface area contributed by atoms with Crippen LogP contribution in [0, 0.1) is 5.92 Å². The zero-order chi connectivity index (χ0) is 14.1. The second-order valence-electron chi connectivity index (χ2n) is 5.20. The molecule has 0 aromatic carbocycles. The molecule has 0 aliphatic heterocycles. The van der Waals surface area contributed by atoms with Crippen molar-refractivity contribution in [1.29, 1.82) is 0 Å². The number of amides is 1. The topological polar surface area (TPSA) is 46.6 Å². The highest BCUT2D eigenvalue weighted by atomic mass is 16.5. The lowest BCUT2D eigenvalue weighted by Crippen LogP contribution is -2.40. The van der Waals surface area contributed by atoms with Crippen LogP contribution in [0.5, 0.6) is 0 Å². The van der Waals surface area contributed by atoms with Crippen LogP contribution in [0.4, 0.5) is 0 Å². The second kappa shape index (κ2) is 8.94. The maximum absolute atomic E-state index is 12.5. The molecule has 0 atom stereocenters. The first-order valence-corrected chi connectivity index (χ1v) is 7.63. The van der Waals surface area contributed by atoms with Gasteiger partial charge < -0.3 is 9.64 Å². The second-order valence-corrected chi connectivity index (χ2v) is 5.20. The van der Waals surface area contributed by atoms with Crippen molar-refractivity contribution in [2.75, 3.05) is 19.7 Å². The summed E-state index contributed by atoms with van der Waals surface area (Å²) in [4.78, 5) is 25.6. The van der Waals surface area contributed by atoms with Gasteiger partial charge in [-0.15, -0.1) is 0 Å². The van der Waals surface area contributed by atoms with E-state index >= 15 is 0 Å². The van der Waals surface area contributed by atoms with E-state index in [1.54, 1.807) is 11.8 Å². The summed E-state index contributed by atoms with van der Waals surface area (Å²) in [5.74, 6) is -0.0596. The molecule has 110 valence electrons. The van der Waals surface area contributed by atoms with Crippen molar-refractivity contribution in [3.05, 3.63) is 0 Å². The normalized spacial score (nSPS) is 17.4. The average molecular weight is 269 g/mol. The molecule has 4 heteroatoms. The molecule has 0 bridgehead atoms. The first kappa shape index (κ1) is 16.0. The molecule has 0 saturated heterocycles. The van der Waals surface area contributed by atoms with Crippen LogP contribution in [0.3, 0.4) is 0 Å². The molecule has 1 aliphatic carbocycles. The zero-order valence-electron chi connectivity index (χ0n) is 12.3. The maximum Gasteiger partial charge on any atom is 0.325 e. The van der Waals surface area contributed by atoms with Gasteiger partial charge in [0.25, 0.3) is 0 Å². The van der Waals surface area contributed by atoms with Crippen molar-refractivity contribution in [1.82, 2.24) is 4.90 Å². The number of esters is 1. The van der Waals surface area contributed by atoms with Crippen LogP contribution in [-0.4, -0.2) is 36.5 Å². The van der Waals surface area contributed by atoms with E-state index in [0.29, 0.717) is 13.2 Å². The van der Waals surface area contributed by atoms with Crippen LogP contribution in [0.1, 0.15) is 58.8 Å². The van der Waals surface area contributed by atoms with E-state index in [-0.39, 0.29) is 24.3 Å². The summed E-state index contributed by atoms with van der Waals surface area (Å²) in [5, 5.41) is 0. The van der Waals surface area contributed by atoms with Crippen molar-refractivity contribution in [2.45, 2.75) is 58.8 Å². The van der Waals surface area contributed by atoms with E-state index in [1.807, 2.05) is 6.92 Å². The number of carbonyl (C=O) groups excluding carboxylic acids is 2. The van der Waals surface area contributed by atoms with Gasteiger partial charge in [-0.05, 0) is 26.7 Å². The van der Waals surface area contributed by atoms with E-state index in [0.717, 1.165) is 25.7 Å². The fourth-order valence-electron chi connectivity index (χ4n) is 2.67. The lowest BCUT2D eigenvalue weighted by molar-refractivity contribution is -0.150. The molecule has 1 aliphatic rings. The van der Waals surface area contributed by atoms with Gasteiger partial charge in [0.05, 0.1) is 6.61 Å². The third-order valence-corrected chi connectivity index (χ3v) is 3.77. The summed E-state index contributed by atoms with van der Waals surface area (Å²) < 4.78 is 4.92. The first-order valence-electron chi connectivity index (χ1n) is 7.63. The van der Waals surface area contributed by atoms with Gasteiger partial charge >= 0.3 is 5.97 Å². The number of nitrogens with zero attached hydrogens (tertiary/aromatic N) is 1. The van der Waals surface area contributed by atoms with Crippen LogP contribution in [-0.2, 0) is 14.3 Å². The Morgan fingerprint density at radius 2 is 1.63 bits per heavy atom. The van der Waals surface area contributed by atoms with Gasteiger partial charge in [-0.3, -0.25) is 9.59 Å². The predicted molar refractivity (Wildman–Crippen MR) is 74.7 cm³/mol. The van der Waals surface area contributed by atoms with Crippen LogP contribution in [0.15, 0.2) is 0 Å². The molecule has 0 unspecified atom stereocenters. The van der Waals surface area contributed by atoms with Crippen LogP contribution in [0.2, 0.25) is 0 Å². The van der Waals surface area contributed by atoms with E-state index in [2.05, 4.69) is 0 Å². The SMILES string of the molecule is CCOC(=O)CN(CC)C(=O)C1CCCCCCC1. The van der Waals surface area contributed by atoms with Gasteiger partial charge in [-0.2, -0.15) is 0 Å². The van der Waals surface area contributed by atoms with Crippen molar-refractivity contribution in [3.63, 3.8) is 0 Å². The fourth-order valence-corrected chi connectivity index (χ4v) is 2.67.